The molecule has 1 heterocycles. The zero-order valence-corrected chi connectivity index (χ0v) is 11.1. The lowest BCUT2D eigenvalue weighted by Gasteiger charge is -1.96. The SMILES string of the molecule is CNCCc1noc(-c2ccccc2I)n1. The summed E-state index contributed by atoms with van der Waals surface area (Å²) in [6, 6.07) is 7.96. The number of likely N-dealkylation sites (N-methyl/N-ethyl adjacent to an activating group) is 1. The van der Waals surface area contributed by atoms with Crippen LogP contribution < -0.4 is 5.32 Å². The van der Waals surface area contributed by atoms with Gasteiger partial charge in [0.15, 0.2) is 5.82 Å². The van der Waals surface area contributed by atoms with Crippen LogP contribution >= 0.6 is 22.6 Å². The molecular formula is C11H12IN3O. The maximum atomic E-state index is 5.23. The van der Waals surface area contributed by atoms with Gasteiger partial charge < -0.3 is 9.84 Å². The van der Waals surface area contributed by atoms with Gasteiger partial charge in [0.2, 0.25) is 0 Å². The highest BCUT2D eigenvalue weighted by Gasteiger charge is 2.10. The summed E-state index contributed by atoms with van der Waals surface area (Å²) >= 11 is 2.26. The first-order chi connectivity index (χ1) is 7.81. The number of nitrogens with one attached hydrogen (secondary N) is 1. The molecule has 84 valence electrons. The van der Waals surface area contributed by atoms with Crippen LogP contribution in [0.15, 0.2) is 28.8 Å². The Labute approximate surface area is 108 Å². The quantitative estimate of drug-likeness (QED) is 0.873. The second-order valence-corrected chi connectivity index (χ2v) is 4.51. The standard InChI is InChI=1S/C11H12IN3O/c1-13-7-6-10-14-11(16-15-10)8-4-2-3-5-9(8)12/h2-5,13H,6-7H2,1H3. The van der Waals surface area contributed by atoms with Gasteiger partial charge in [-0.05, 0) is 41.8 Å². The van der Waals surface area contributed by atoms with Crippen molar-refractivity contribution in [1.29, 1.82) is 0 Å². The van der Waals surface area contributed by atoms with E-state index in [0.29, 0.717) is 5.89 Å². The highest BCUT2D eigenvalue weighted by Crippen LogP contribution is 2.23. The molecule has 0 saturated heterocycles. The molecule has 0 aliphatic heterocycles. The predicted octanol–water partition coefficient (Wildman–Crippen LogP) is 2.10. The third-order valence-corrected chi connectivity index (χ3v) is 3.11. The van der Waals surface area contributed by atoms with Crippen molar-refractivity contribution in [3.05, 3.63) is 33.7 Å². The molecule has 5 heteroatoms. The maximum Gasteiger partial charge on any atom is 0.258 e. The largest absolute Gasteiger partial charge is 0.334 e. The second-order valence-electron chi connectivity index (χ2n) is 3.35. The summed E-state index contributed by atoms with van der Waals surface area (Å²) in [5.74, 6) is 1.33. The van der Waals surface area contributed by atoms with Gasteiger partial charge in [-0.25, -0.2) is 0 Å². The molecule has 0 saturated carbocycles. The minimum Gasteiger partial charge on any atom is -0.334 e. The summed E-state index contributed by atoms with van der Waals surface area (Å²) in [5, 5.41) is 7.00. The fourth-order valence-electron chi connectivity index (χ4n) is 1.34. The van der Waals surface area contributed by atoms with E-state index in [2.05, 4.69) is 38.0 Å². The van der Waals surface area contributed by atoms with Crippen LogP contribution in [0.1, 0.15) is 5.82 Å². The molecule has 1 N–H and O–H groups in total. The number of benzene rings is 1. The van der Waals surface area contributed by atoms with Gasteiger partial charge in [-0.2, -0.15) is 4.98 Å². The zero-order chi connectivity index (χ0) is 11.4. The first kappa shape index (κ1) is 11.5. The number of hydrogen-bond acceptors (Lipinski definition) is 4. The van der Waals surface area contributed by atoms with Crippen LogP contribution in [0.25, 0.3) is 11.5 Å². The average Bonchev–Trinajstić information content (AvgIpc) is 2.75. The molecule has 2 rings (SSSR count). The third-order valence-electron chi connectivity index (χ3n) is 2.17. The molecule has 0 radical (unpaired) electrons. The Morgan fingerprint density at radius 3 is 2.94 bits per heavy atom. The molecule has 2 aromatic rings. The van der Waals surface area contributed by atoms with Gasteiger partial charge >= 0.3 is 0 Å². The van der Waals surface area contributed by atoms with E-state index in [1.165, 1.54) is 0 Å². The molecule has 0 bridgehead atoms. The molecule has 16 heavy (non-hydrogen) atoms. The highest BCUT2D eigenvalue weighted by atomic mass is 127. The molecule has 0 fully saturated rings. The van der Waals surface area contributed by atoms with Gasteiger partial charge in [-0.1, -0.05) is 17.3 Å². The molecule has 1 aromatic carbocycles. The van der Waals surface area contributed by atoms with Crippen molar-refractivity contribution < 1.29 is 4.52 Å². The predicted molar refractivity (Wildman–Crippen MR) is 70.1 cm³/mol. The second kappa shape index (κ2) is 5.40. The Balaban J connectivity index is 2.22. The van der Waals surface area contributed by atoms with Gasteiger partial charge in [0.25, 0.3) is 5.89 Å². The molecule has 1 aromatic heterocycles. The van der Waals surface area contributed by atoms with E-state index in [-0.39, 0.29) is 0 Å². The fraction of sp³-hybridized carbons (Fsp3) is 0.273. The monoisotopic (exact) mass is 329 g/mol. The Morgan fingerprint density at radius 2 is 2.19 bits per heavy atom. The van der Waals surface area contributed by atoms with Crippen molar-refractivity contribution in [3.8, 4) is 11.5 Å². The molecule has 0 atom stereocenters. The number of aromatic nitrogens is 2. The van der Waals surface area contributed by atoms with Crippen LogP contribution in [0.4, 0.5) is 0 Å². The fourth-order valence-corrected chi connectivity index (χ4v) is 1.95. The van der Waals surface area contributed by atoms with Crippen LogP contribution in [-0.4, -0.2) is 23.7 Å². The van der Waals surface area contributed by atoms with Gasteiger partial charge in [-0.3, -0.25) is 0 Å². The lowest BCUT2D eigenvalue weighted by Crippen LogP contribution is -2.11. The Hall–Kier alpha value is -0.950. The van der Waals surface area contributed by atoms with Crippen molar-refractivity contribution in [2.24, 2.45) is 0 Å². The summed E-state index contributed by atoms with van der Waals surface area (Å²) in [6.07, 6.45) is 0.781. The minimum absolute atomic E-state index is 0.594. The Bertz CT molecular complexity index is 470. The molecule has 4 nitrogen and oxygen atoms in total. The molecule has 0 unspecified atom stereocenters. The van der Waals surface area contributed by atoms with Gasteiger partial charge in [0, 0.05) is 16.5 Å². The highest BCUT2D eigenvalue weighted by molar-refractivity contribution is 14.1. The topological polar surface area (TPSA) is 51.0 Å². The summed E-state index contributed by atoms with van der Waals surface area (Å²) in [4.78, 5) is 4.36. The van der Waals surface area contributed by atoms with E-state index in [0.717, 1.165) is 27.9 Å². The van der Waals surface area contributed by atoms with Crippen molar-refractivity contribution in [2.45, 2.75) is 6.42 Å². The van der Waals surface area contributed by atoms with Crippen LogP contribution in [-0.2, 0) is 6.42 Å². The van der Waals surface area contributed by atoms with E-state index in [4.69, 9.17) is 4.52 Å². The summed E-state index contributed by atoms with van der Waals surface area (Å²) in [6.45, 7) is 0.852. The van der Waals surface area contributed by atoms with Crippen molar-refractivity contribution in [1.82, 2.24) is 15.5 Å². The van der Waals surface area contributed by atoms with Crippen molar-refractivity contribution in [3.63, 3.8) is 0 Å². The number of hydrogen-bond donors (Lipinski definition) is 1. The lowest BCUT2D eigenvalue weighted by atomic mass is 10.2. The molecule has 0 aliphatic carbocycles. The number of rotatable bonds is 4. The molecule has 0 spiro atoms. The Kier molecular flexibility index (Phi) is 3.89. The van der Waals surface area contributed by atoms with Crippen molar-refractivity contribution in [2.75, 3.05) is 13.6 Å². The van der Waals surface area contributed by atoms with E-state index in [9.17, 15) is 0 Å². The van der Waals surface area contributed by atoms with Crippen LogP contribution in [0.5, 0.6) is 0 Å². The van der Waals surface area contributed by atoms with Gasteiger partial charge in [-0.15, -0.1) is 0 Å². The smallest absolute Gasteiger partial charge is 0.258 e. The first-order valence-electron chi connectivity index (χ1n) is 5.03. The maximum absolute atomic E-state index is 5.23. The molecule has 0 amide bonds. The van der Waals surface area contributed by atoms with E-state index in [1.54, 1.807) is 0 Å². The van der Waals surface area contributed by atoms with Crippen LogP contribution in [0.2, 0.25) is 0 Å². The first-order valence-corrected chi connectivity index (χ1v) is 6.11. The molecule has 0 aliphatic rings. The molecular weight excluding hydrogens is 317 g/mol. The van der Waals surface area contributed by atoms with Crippen LogP contribution in [0, 0.1) is 3.57 Å². The van der Waals surface area contributed by atoms with E-state index < -0.39 is 0 Å². The van der Waals surface area contributed by atoms with Crippen LogP contribution in [0.3, 0.4) is 0 Å². The average molecular weight is 329 g/mol. The number of nitrogens with zero attached hydrogens (tertiary/aromatic N) is 2. The normalized spacial score (nSPS) is 10.6. The van der Waals surface area contributed by atoms with E-state index in [1.807, 2.05) is 31.3 Å². The summed E-state index contributed by atoms with van der Waals surface area (Å²) in [5.41, 5.74) is 0.992. The zero-order valence-electron chi connectivity index (χ0n) is 8.90. The third kappa shape index (κ3) is 2.59. The van der Waals surface area contributed by atoms with E-state index >= 15 is 0 Å². The number of halogens is 1. The lowest BCUT2D eigenvalue weighted by molar-refractivity contribution is 0.422. The van der Waals surface area contributed by atoms with Gasteiger partial charge in [0.1, 0.15) is 0 Å². The Morgan fingerprint density at radius 1 is 1.38 bits per heavy atom. The van der Waals surface area contributed by atoms with Crippen molar-refractivity contribution >= 4 is 22.6 Å². The summed E-state index contributed by atoms with van der Waals surface area (Å²) in [7, 11) is 1.90. The minimum atomic E-state index is 0.594. The summed E-state index contributed by atoms with van der Waals surface area (Å²) < 4.78 is 6.35. The van der Waals surface area contributed by atoms with Gasteiger partial charge in [0.05, 0.1) is 5.56 Å².